The molecule has 0 saturated carbocycles. The number of para-hydroxylation sites is 2. The number of nitrogens with zero attached hydrogens (tertiary/aromatic N) is 2. The Morgan fingerprint density at radius 3 is 1.64 bits per heavy atom. The van der Waals surface area contributed by atoms with Crippen LogP contribution in [0.4, 0.5) is 11.4 Å². The van der Waals surface area contributed by atoms with Gasteiger partial charge in [0.1, 0.15) is 0 Å². The number of amides is 2. The number of carbonyl (C=O) groups excluding carboxylic acids is 2. The second-order valence-electron chi connectivity index (χ2n) is 2.81. The van der Waals surface area contributed by atoms with Gasteiger partial charge < -0.3 is 0 Å². The number of anilines is 2. The normalized spacial score (nSPS) is 13.7. The van der Waals surface area contributed by atoms with E-state index in [0.717, 1.165) is 0 Å². The standard InChI is InChI=1S/C10H8N2O2/c13-7-11-5-6-12(8-14)10-4-2-1-3-9(10)11/h1-8H. The van der Waals surface area contributed by atoms with Crippen molar-refractivity contribution in [3.63, 3.8) is 0 Å². The van der Waals surface area contributed by atoms with Crippen molar-refractivity contribution in [2.24, 2.45) is 0 Å². The predicted molar refractivity (Wildman–Crippen MR) is 52.7 cm³/mol. The molecule has 0 aliphatic carbocycles. The van der Waals surface area contributed by atoms with E-state index in [0.29, 0.717) is 24.2 Å². The van der Waals surface area contributed by atoms with Crippen LogP contribution in [0.1, 0.15) is 0 Å². The van der Waals surface area contributed by atoms with E-state index >= 15 is 0 Å². The molecular formula is C10H8N2O2. The monoisotopic (exact) mass is 188 g/mol. The molecular weight excluding hydrogens is 180 g/mol. The SMILES string of the molecule is O=CN1C=CN(C=O)c2ccccc21. The zero-order valence-corrected chi connectivity index (χ0v) is 7.33. The summed E-state index contributed by atoms with van der Waals surface area (Å²) in [7, 11) is 0. The topological polar surface area (TPSA) is 40.6 Å². The Morgan fingerprint density at radius 2 is 1.29 bits per heavy atom. The molecule has 1 heterocycles. The molecule has 14 heavy (non-hydrogen) atoms. The molecule has 0 radical (unpaired) electrons. The van der Waals surface area contributed by atoms with E-state index in [1.54, 1.807) is 24.5 Å². The van der Waals surface area contributed by atoms with Crippen molar-refractivity contribution in [1.29, 1.82) is 0 Å². The lowest BCUT2D eigenvalue weighted by Gasteiger charge is -2.26. The highest BCUT2D eigenvalue weighted by molar-refractivity contribution is 5.94. The van der Waals surface area contributed by atoms with Gasteiger partial charge in [0.05, 0.1) is 11.4 Å². The molecule has 2 rings (SSSR count). The maximum absolute atomic E-state index is 10.7. The van der Waals surface area contributed by atoms with Gasteiger partial charge in [-0.2, -0.15) is 0 Å². The van der Waals surface area contributed by atoms with E-state index in [1.165, 1.54) is 9.80 Å². The van der Waals surface area contributed by atoms with Crippen LogP contribution >= 0.6 is 0 Å². The predicted octanol–water partition coefficient (Wildman–Crippen LogP) is 1.10. The van der Waals surface area contributed by atoms with Gasteiger partial charge in [0.2, 0.25) is 12.8 Å². The van der Waals surface area contributed by atoms with E-state index in [4.69, 9.17) is 0 Å². The second kappa shape index (κ2) is 3.33. The van der Waals surface area contributed by atoms with Crippen molar-refractivity contribution in [2.75, 3.05) is 9.80 Å². The summed E-state index contributed by atoms with van der Waals surface area (Å²) in [6.07, 6.45) is 4.50. The number of hydrogen-bond acceptors (Lipinski definition) is 2. The highest BCUT2D eigenvalue weighted by Crippen LogP contribution is 2.31. The second-order valence-corrected chi connectivity index (χ2v) is 2.81. The van der Waals surface area contributed by atoms with Crippen LogP contribution in [-0.2, 0) is 9.59 Å². The first-order chi connectivity index (χ1) is 6.86. The van der Waals surface area contributed by atoms with Crippen LogP contribution in [0.25, 0.3) is 0 Å². The Kier molecular flexibility index (Phi) is 2.02. The fraction of sp³-hybridized carbons (Fsp3) is 0. The minimum absolute atomic E-state index is 0.706. The van der Waals surface area contributed by atoms with Crippen molar-refractivity contribution >= 4 is 24.2 Å². The van der Waals surface area contributed by atoms with Crippen molar-refractivity contribution in [3.8, 4) is 0 Å². The first-order valence-corrected chi connectivity index (χ1v) is 4.11. The van der Waals surface area contributed by atoms with E-state index in [2.05, 4.69) is 0 Å². The van der Waals surface area contributed by atoms with Crippen molar-refractivity contribution in [3.05, 3.63) is 36.7 Å². The summed E-state index contributed by atoms with van der Waals surface area (Å²) in [6.45, 7) is 0. The molecule has 1 aliphatic rings. The third-order valence-corrected chi connectivity index (χ3v) is 2.05. The van der Waals surface area contributed by atoms with Crippen LogP contribution in [-0.4, -0.2) is 12.8 Å². The first-order valence-electron chi connectivity index (χ1n) is 4.11. The third kappa shape index (κ3) is 1.17. The summed E-state index contributed by atoms with van der Waals surface area (Å²) in [5.41, 5.74) is 1.41. The lowest BCUT2D eigenvalue weighted by molar-refractivity contribution is -0.108. The van der Waals surface area contributed by atoms with Gasteiger partial charge in [-0.15, -0.1) is 0 Å². The number of benzene rings is 1. The van der Waals surface area contributed by atoms with Gasteiger partial charge in [-0.1, -0.05) is 12.1 Å². The molecule has 1 aliphatic heterocycles. The number of fused-ring (bicyclic) bond motifs is 1. The van der Waals surface area contributed by atoms with Gasteiger partial charge in [-0.25, -0.2) is 0 Å². The van der Waals surface area contributed by atoms with E-state index in [9.17, 15) is 9.59 Å². The molecule has 4 nitrogen and oxygen atoms in total. The van der Waals surface area contributed by atoms with Gasteiger partial charge in [0, 0.05) is 12.4 Å². The van der Waals surface area contributed by atoms with Gasteiger partial charge >= 0.3 is 0 Å². The highest BCUT2D eigenvalue weighted by atomic mass is 16.1. The fourth-order valence-electron chi connectivity index (χ4n) is 1.39. The average molecular weight is 188 g/mol. The lowest BCUT2D eigenvalue weighted by Crippen LogP contribution is -2.25. The molecule has 4 heteroatoms. The smallest absolute Gasteiger partial charge is 0.218 e. The maximum Gasteiger partial charge on any atom is 0.218 e. The van der Waals surface area contributed by atoms with Crippen LogP contribution in [0, 0.1) is 0 Å². The molecule has 0 bridgehead atoms. The Morgan fingerprint density at radius 1 is 0.857 bits per heavy atom. The summed E-state index contributed by atoms with van der Waals surface area (Å²) in [5, 5.41) is 0. The third-order valence-electron chi connectivity index (χ3n) is 2.05. The molecule has 1 aromatic carbocycles. The molecule has 0 unspecified atom stereocenters. The van der Waals surface area contributed by atoms with Crippen LogP contribution in [0.15, 0.2) is 36.7 Å². The summed E-state index contributed by atoms with van der Waals surface area (Å²) in [4.78, 5) is 24.2. The van der Waals surface area contributed by atoms with Crippen molar-refractivity contribution in [2.45, 2.75) is 0 Å². The number of hydrogen-bond donors (Lipinski definition) is 0. The number of carbonyl (C=O) groups is 2. The Hall–Kier alpha value is -2.10. The maximum atomic E-state index is 10.7. The summed E-state index contributed by atoms with van der Waals surface area (Å²) in [6, 6.07) is 7.20. The molecule has 0 saturated heterocycles. The van der Waals surface area contributed by atoms with Gasteiger partial charge in [-0.05, 0) is 12.1 Å². The summed E-state index contributed by atoms with van der Waals surface area (Å²) < 4.78 is 0. The van der Waals surface area contributed by atoms with Crippen LogP contribution in [0.5, 0.6) is 0 Å². The Balaban J connectivity index is 2.54. The van der Waals surface area contributed by atoms with E-state index in [-0.39, 0.29) is 0 Å². The van der Waals surface area contributed by atoms with Crippen LogP contribution in [0.2, 0.25) is 0 Å². The van der Waals surface area contributed by atoms with E-state index in [1.807, 2.05) is 12.1 Å². The minimum Gasteiger partial charge on any atom is -0.287 e. The molecule has 0 N–H and O–H groups in total. The molecule has 0 fully saturated rings. The van der Waals surface area contributed by atoms with E-state index < -0.39 is 0 Å². The summed E-state index contributed by atoms with van der Waals surface area (Å²) in [5.74, 6) is 0. The van der Waals surface area contributed by atoms with Crippen LogP contribution < -0.4 is 9.80 Å². The molecule has 0 atom stereocenters. The van der Waals surface area contributed by atoms with Crippen molar-refractivity contribution in [1.82, 2.24) is 0 Å². The van der Waals surface area contributed by atoms with Crippen molar-refractivity contribution < 1.29 is 9.59 Å². The zero-order chi connectivity index (χ0) is 9.97. The molecule has 70 valence electrons. The quantitative estimate of drug-likeness (QED) is 0.652. The Labute approximate surface area is 81.0 Å². The van der Waals surface area contributed by atoms with Crippen LogP contribution in [0.3, 0.4) is 0 Å². The fourth-order valence-corrected chi connectivity index (χ4v) is 1.39. The first kappa shape index (κ1) is 8.50. The molecule has 0 spiro atoms. The zero-order valence-electron chi connectivity index (χ0n) is 7.33. The minimum atomic E-state index is 0.706. The van der Waals surface area contributed by atoms with Gasteiger partial charge in [0.25, 0.3) is 0 Å². The molecule has 1 aromatic rings. The molecule has 2 amide bonds. The average Bonchev–Trinajstić information content (AvgIpc) is 2.27. The Bertz CT molecular complexity index is 364. The van der Waals surface area contributed by atoms with Gasteiger partial charge in [-0.3, -0.25) is 19.4 Å². The lowest BCUT2D eigenvalue weighted by atomic mass is 10.2. The largest absolute Gasteiger partial charge is 0.287 e. The summed E-state index contributed by atoms with van der Waals surface area (Å²) >= 11 is 0. The molecule has 0 aromatic heterocycles. The van der Waals surface area contributed by atoms with Gasteiger partial charge in [0.15, 0.2) is 0 Å². The number of rotatable bonds is 2. The highest BCUT2D eigenvalue weighted by Gasteiger charge is 2.16.